The lowest BCUT2D eigenvalue weighted by atomic mass is 9.63. The summed E-state index contributed by atoms with van der Waals surface area (Å²) < 4.78 is 0. The number of non-ortho nitro benzene ring substituents is 1. The number of fused-ring (bicyclic) bond motifs is 1. The zero-order valence-corrected chi connectivity index (χ0v) is 15.5. The average Bonchev–Trinajstić information content (AvgIpc) is 2.69. The Morgan fingerprint density at radius 1 is 0.964 bits per heavy atom. The van der Waals surface area contributed by atoms with Gasteiger partial charge in [-0.25, -0.2) is 0 Å². The molecule has 1 heterocycles. The molecule has 1 aliphatic rings. The summed E-state index contributed by atoms with van der Waals surface area (Å²) in [6, 6.07) is 19.8. The van der Waals surface area contributed by atoms with Crippen molar-refractivity contribution in [3.63, 3.8) is 0 Å². The molecule has 0 radical (unpaired) electrons. The Bertz CT molecular complexity index is 1070. The first-order valence-electron chi connectivity index (χ1n) is 8.97. The zero-order chi connectivity index (χ0) is 19.8. The summed E-state index contributed by atoms with van der Waals surface area (Å²) in [5, 5.41) is 14.5. The van der Waals surface area contributed by atoms with E-state index in [0.717, 1.165) is 22.3 Å². The number of carbonyl (C=O) groups is 1. The molecule has 3 aromatic carbocycles. The van der Waals surface area contributed by atoms with Gasteiger partial charge in [0, 0.05) is 23.5 Å². The van der Waals surface area contributed by atoms with Crippen molar-refractivity contribution in [2.24, 2.45) is 0 Å². The van der Waals surface area contributed by atoms with Crippen LogP contribution in [0.5, 0.6) is 0 Å². The van der Waals surface area contributed by atoms with Crippen LogP contribution in [-0.4, -0.2) is 17.8 Å². The van der Waals surface area contributed by atoms with Crippen molar-refractivity contribution in [2.45, 2.75) is 13.8 Å². The summed E-state index contributed by atoms with van der Waals surface area (Å²) in [5.74, 6) is -0.185. The first kappa shape index (κ1) is 17.8. The molecule has 0 aliphatic carbocycles. The standard InChI is InChI=1S/C21H18BN3O3/c1-14-7-6-8-15(2)20(14)24-21(26)18-12-11-17(25(27)28)13-19(18)23-22(24)16-9-4-3-5-10-16/h3-13,23H,1-2H3. The molecule has 0 fully saturated rings. The van der Waals surface area contributed by atoms with Gasteiger partial charge in [-0.15, -0.1) is 0 Å². The second-order valence-corrected chi connectivity index (χ2v) is 6.86. The highest BCUT2D eigenvalue weighted by molar-refractivity contribution is 6.84. The predicted octanol–water partition coefficient (Wildman–Crippen LogP) is 3.68. The average molecular weight is 371 g/mol. The number of rotatable bonds is 3. The summed E-state index contributed by atoms with van der Waals surface area (Å²) in [4.78, 5) is 26.0. The molecule has 1 N–H and O–H groups in total. The van der Waals surface area contributed by atoms with Crippen LogP contribution in [0.1, 0.15) is 21.5 Å². The number of benzene rings is 3. The molecule has 0 saturated heterocycles. The van der Waals surface area contributed by atoms with Crippen LogP contribution in [0.4, 0.5) is 17.1 Å². The lowest BCUT2D eigenvalue weighted by Gasteiger charge is -2.37. The summed E-state index contributed by atoms with van der Waals surface area (Å²) >= 11 is 0. The highest BCUT2D eigenvalue weighted by atomic mass is 16.6. The Morgan fingerprint density at radius 2 is 1.64 bits per heavy atom. The number of nitro groups is 1. The zero-order valence-electron chi connectivity index (χ0n) is 15.5. The molecule has 0 atom stereocenters. The monoisotopic (exact) mass is 371 g/mol. The molecule has 0 unspecified atom stereocenters. The number of anilines is 2. The SMILES string of the molecule is Cc1cccc(C)c1N1B(c2ccccc2)Nc2cc([N+](=O)[O-])ccc2C1=O. The number of aryl methyl sites for hydroxylation is 2. The third-order valence-corrected chi connectivity index (χ3v) is 5.01. The van der Waals surface area contributed by atoms with E-state index in [0.29, 0.717) is 11.3 Å². The van der Waals surface area contributed by atoms with E-state index in [4.69, 9.17) is 0 Å². The molecular weight excluding hydrogens is 353 g/mol. The van der Waals surface area contributed by atoms with Crippen molar-refractivity contribution < 1.29 is 9.72 Å². The van der Waals surface area contributed by atoms with Gasteiger partial charge in [0.1, 0.15) is 0 Å². The smallest absolute Gasteiger partial charge is 0.404 e. The van der Waals surface area contributed by atoms with Gasteiger partial charge in [-0.1, -0.05) is 48.5 Å². The summed E-state index contributed by atoms with van der Waals surface area (Å²) in [6.45, 7) is 3.48. The molecule has 138 valence electrons. The molecular formula is C21H18BN3O3. The molecule has 1 aliphatic heterocycles. The number of nitrogens with zero attached hydrogens (tertiary/aromatic N) is 2. The van der Waals surface area contributed by atoms with Crippen molar-refractivity contribution in [3.05, 3.63) is 93.5 Å². The van der Waals surface area contributed by atoms with Gasteiger partial charge in [-0.2, -0.15) is 0 Å². The van der Waals surface area contributed by atoms with E-state index >= 15 is 0 Å². The second-order valence-electron chi connectivity index (χ2n) is 6.86. The van der Waals surface area contributed by atoms with Crippen LogP contribution >= 0.6 is 0 Å². The van der Waals surface area contributed by atoms with Crippen molar-refractivity contribution >= 4 is 35.4 Å². The molecule has 7 heteroatoms. The fourth-order valence-corrected chi connectivity index (χ4v) is 3.69. The minimum absolute atomic E-state index is 0.0496. The van der Waals surface area contributed by atoms with Crippen molar-refractivity contribution in [1.82, 2.24) is 0 Å². The van der Waals surface area contributed by atoms with E-state index in [2.05, 4.69) is 5.23 Å². The molecule has 0 saturated carbocycles. The summed E-state index contributed by atoms with van der Waals surface area (Å²) in [6.07, 6.45) is 0. The van der Waals surface area contributed by atoms with Crippen LogP contribution < -0.4 is 15.5 Å². The van der Waals surface area contributed by atoms with E-state index in [1.54, 1.807) is 4.81 Å². The van der Waals surface area contributed by atoms with E-state index < -0.39 is 11.9 Å². The van der Waals surface area contributed by atoms with Gasteiger partial charge in [0.25, 0.3) is 5.69 Å². The van der Waals surface area contributed by atoms with Gasteiger partial charge in [0.15, 0.2) is 0 Å². The fourth-order valence-electron chi connectivity index (χ4n) is 3.69. The first-order chi connectivity index (χ1) is 13.5. The van der Waals surface area contributed by atoms with Gasteiger partial charge in [0.05, 0.1) is 10.5 Å². The van der Waals surface area contributed by atoms with Gasteiger partial charge in [-0.3, -0.25) is 14.9 Å². The number of nitrogens with one attached hydrogen (secondary N) is 1. The lowest BCUT2D eigenvalue weighted by molar-refractivity contribution is -0.384. The number of amides is 1. The van der Waals surface area contributed by atoms with Crippen LogP contribution in [0.3, 0.4) is 0 Å². The molecule has 0 aromatic heterocycles. The number of hydrogen-bond donors (Lipinski definition) is 1. The Kier molecular flexibility index (Phi) is 4.35. The first-order valence-corrected chi connectivity index (χ1v) is 8.97. The third kappa shape index (κ3) is 2.91. The van der Waals surface area contributed by atoms with Crippen molar-refractivity contribution in [2.75, 3.05) is 10.0 Å². The predicted molar refractivity (Wildman–Crippen MR) is 111 cm³/mol. The number of hydrogen-bond acceptors (Lipinski definition) is 4. The molecule has 0 spiro atoms. The second kappa shape index (κ2) is 6.85. The number of carbonyl (C=O) groups excluding carboxylic acids is 1. The summed E-state index contributed by atoms with van der Waals surface area (Å²) in [7, 11) is 0. The topological polar surface area (TPSA) is 75.5 Å². The maximum absolute atomic E-state index is 13.5. The largest absolute Gasteiger partial charge is 0.415 e. The maximum Gasteiger partial charge on any atom is 0.415 e. The molecule has 6 nitrogen and oxygen atoms in total. The Morgan fingerprint density at radius 3 is 2.29 bits per heavy atom. The number of para-hydroxylation sites is 1. The van der Waals surface area contributed by atoms with Crippen LogP contribution in [0, 0.1) is 24.0 Å². The number of nitro benzene ring substituents is 1. The van der Waals surface area contributed by atoms with Gasteiger partial charge >= 0.3 is 6.98 Å². The quantitative estimate of drug-likeness (QED) is 0.433. The molecule has 4 rings (SSSR count). The van der Waals surface area contributed by atoms with Crippen LogP contribution in [0.2, 0.25) is 0 Å². The Balaban J connectivity index is 1.92. The van der Waals surface area contributed by atoms with E-state index in [-0.39, 0.29) is 11.6 Å². The Hall–Kier alpha value is -3.61. The Labute approximate surface area is 163 Å². The van der Waals surface area contributed by atoms with Crippen LogP contribution in [0.25, 0.3) is 0 Å². The van der Waals surface area contributed by atoms with E-state index in [1.165, 1.54) is 18.2 Å². The normalized spacial score (nSPS) is 13.1. The van der Waals surface area contributed by atoms with E-state index in [9.17, 15) is 14.9 Å². The minimum atomic E-state index is -0.469. The fraction of sp³-hybridized carbons (Fsp3) is 0.0952. The third-order valence-electron chi connectivity index (χ3n) is 5.01. The van der Waals surface area contributed by atoms with Crippen LogP contribution in [-0.2, 0) is 0 Å². The van der Waals surface area contributed by atoms with Gasteiger partial charge < -0.3 is 10.0 Å². The van der Waals surface area contributed by atoms with Crippen molar-refractivity contribution in [3.8, 4) is 0 Å². The van der Waals surface area contributed by atoms with Crippen molar-refractivity contribution in [1.29, 1.82) is 0 Å². The maximum atomic E-state index is 13.5. The van der Waals surface area contributed by atoms with Crippen LogP contribution in [0.15, 0.2) is 66.7 Å². The molecule has 3 aromatic rings. The highest BCUT2D eigenvalue weighted by Crippen LogP contribution is 2.34. The molecule has 28 heavy (non-hydrogen) atoms. The highest BCUT2D eigenvalue weighted by Gasteiger charge is 2.40. The molecule has 0 bridgehead atoms. The van der Waals surface area contributed by atoms with Gasteiger partial charge in [0.2, 0.25) is 5.91 Å². The minimum Gasteiger partial charge on any atom is -0.404 e. The van der Waals surface area contributed by atoms with E-state index in [1.807, 2.05) is 62.4 Å². The molecule has 1 amide bonds. The summed E-state index contributed by atoms with van der Waals surface area (Å²) in [5.41, 5.74) is 4.55. The lowest BCUT2D eigenvalue weighted by Crippen LogP contribution is -2.60. The van der Waals surface area contributed by atoms with Gasteiger partial charge in [-0.05, 0) is 36.5 Å².